The first kappa shape index (κ1) is 16.0. The van der Waals surface area contributed by atoms with Gasteiger partial charge in [0.15, 0.2) is 0 Å². The molecule has 0 bridgehead atoms. The number of likely N-dealkylation sites (tertiary alicyclic amines) is 1. The van der Waals surface area contributed by atoms with Crippen molar-refractivity contribution >= 4 is 11.9 Å². The van der Waals surface area contributed by atoms with Crippen molar-refractivity contribution in [3.63, 3.8) is 0 Å². The van der Waals surface area contributed by atoms with Gasteiger partial charge in [-0.15, -0.1) is 0 Å². The highest BCUT2D eigenvalue weighted by Crippen LogP contribution is 2.33. The molecule has 1 fully saturated rings. The second-order valence-corrected chi connectivity index (χ2v) is 5.60. The summed E-state index contributed by atoms with van der Waals surface area (Å²) in [5, 5.41) is 18.9. The molecule has 2 unspecified atom stereocenters. The molecule has 1 rings (SSSR count). The summed E-state index contributed by atoms with van der Waals surface area (Å²) < 4.78 is 0. The number of aliphatic hydroxyl groups is 1. The zero-order valence-corrected chi connectivity index (χ0v) is 12.1. The molecule has 0 saturated carbocycles. The molecule has 2 N–H and O–H groups in total. The minimum atomic E-state index is -0.944. The fraction of sp³-hybridized carbons (Fsp3) is 0.857. The Kier molecular flexibility index (Phi) is 5.35. The van der Waals surface area contributed by atoms with Crippen molar-refractivity contribution in [1.29, 1.82) is 0 Å². The van der Waals surface area contributed by atoms with E-state index in [4.69, 9.17) is 0 Å². The SMILES string of the molecule is CCC(CC)(CC(=O)N1CCC(C(C)O)C1)C(=O)O. The minimum absolute atomic E-state index is 0.0574. The van der Waals surface area contributed by atoms with Gasteiger partial charge in [-0.2, -0.15) is 0 Å². The molecule has 1 saturated heterocycles. The van der Waals surface area contributed by atoms with E-state index in [2.05, 4.69) is 0 Å². The molecule has 0 aromatic rings. The van der Waals surface area contributed by atoms with Gasteiger partial charge in [0, 0.05) is 25.4 Å². The largest absolute Gasteiger partial charge is 0.481 e. The van der Waals surface area contributed by atoms with E-state index in [0.717, 1.165) is 6.42 Å². The molecule has 2 atom stereocenters. The first-order valence-electron chi connectivity index (χ1n) is 7.05. The predicted octanol–water partition coefficient (Wildman–Crippen LogP) is 1.50. The van der Waals surface area contributed by atoms with E-state index in [1.54, 1.807) is 11.8 Å². The third-order valence-electron chi connectivity index (χ3n) is 4.56. The minimum Gasteiger partial charge on any atom is -0.481 e. The van der Waals surface area contributed by atoms with Crippen molar-refractivity contribution < 1.29 is 19.8 Å². The Hall–Kier alpha value is -1.10. The average molecular weight is 271 g/mol. The van der Waals surface area contributed by atoms with Crippen LogP contribution in [-0.2, 0) is 9.59 Å². The summed E-state index contributed by atoms with van der Waals surface area (Å²) in [5.74, 6) is -0.877. The summed E-state index contributed by atoms with van der Waals surface area (Å²) in [7, 11) is 0. The molecule has 0 spiro atoms. The second-order valence-electron chi connectivity index (χ2n) is 5.60. The standard InChI is InChI=1S/C14H25NO4/c1-4-14(5-2,13(18)19)8-12(17)15-7-6-11(9-15)10(3)16/h10-11,16H,4-9H2,1-3H3,(H,18,19). The number of carbonyl (C=O) groups is 2. The Morgan fingerprint density at radius 2 is 1.95 bits per heavy atom. The van der Waals surface area contributed by atoms with Gasteiger partial charge >= 0.3 is 5.97 Å². The average Bonchev–Trinajstić information content (AvgIpc) is 2.85. The highest BCUT2D eigenvalue weighted by Gasteiger charge is 2.39. The van der Waals surface area contributed by atoms with Crippen LogP contribution in [0.1, 0.15) is 46.5 Å². The van der Waals surface area contributed by atoms with Crippen molar-refractivity contribution in [2.75, 3.05) is 13.1 Å². The van der Waals surface area contributed by atoms with Crippen LogP contribution in [0.15, 0.2) is 0 Å². The molecule has 0 aromatic carbocycles. The van der Waals surface area contributed by atoms with Crippen molar-refractivity contribution in [2.45, 2.75) is 52.6 Å². The summed E-state index contributed by atoms with van der Waals surface area (Å²) in [5.41, 5.74) is -0.944. The topological polar surface area (TPSA) is 77.8 Å². The molecular formula is C14H25NO4. The van der Waals surface area contributed by atoms with Crippen LogP contribution in [0.2, 0.25) is 0 Å². The summed E-state index contributed by atoms with van der Waals surface area (Å²) in [6.07, 6.45) is 1.35. The number of nitrogens with zero attached hydrogens (tertiary/aromatic N) is 1. The van der Waals surface area contributed by atoms with E-state index in [9.17, 15) is 19.8 Å². The van der Waals surface area contributed by atoms with Gasteiger partial charge in [-0.25, -0.2) is 0 Å². The van der Waals surface area contributed by atoms with Gasteiger partial charge in [0.25, 0.3) is 0 Å². The molecule has 0 aromatic heterocycles. The summed E-state index contributed by atoms with van der Waals surface area (Å²) in [6.45, 7) is 6.52. The number of aliphatic hydroxyl groups excluding tert-OH is 1. The van der Waals surface area contributed by atoms with Crippen LogP contribution in [0.25, 0.3) is 0 Å². The maximum Gasteiger partial charge on any atom is 0.310 e. The van der Waals surface area contributed by atoms with Crippen LogP contribution in [0.4, 0.5) is 0 Å². The van der Waals surface area contributed by atoms with Gasteiger partial charge in [0.05, 0.1) is 11.5 Å². The highest BCUT2D eigenvalue weighted by atomic mass is 16.4. The molecule has 5 nitrogen and oxygen atoms in total. The quantitative estimate of drug-likeness (QED) is 0.767. The molecule has 1 heterocycles. The number of hydrogen-bond acceptors (Lipinski definition) is 3. The first-order valence-corrected chi connectivity index (χ1v) is 7.05. The van der Waals surface area contributed by atoms with Crippen molar-refractivity contribution in [2.24, 2.45) is 11.3 Å². The summed E-state index contributed by atoms with van der Waals surface area (Å²) in [4.78, 5) is 25.3. The second kappa shape index (κ2) is 6.37. The lowest BCUT2D eigenvalue weighted by Gasteiger charge is -2.28. The molecule has 1 aliphatic rings. The van der Waals surface area contributed by atoms with Gasteiger partial charge in [0.2, 0.25) is 5.91 Å². The summed E-state index contributed by atoms with van der Waals surface area (Å²) in [6, 6.07) is 0. The number of aliphatic carboxylic acids is 1. The highest BCUT2D eigenvalue weighted by molar-refractivity contribution is 5.85. The molecule has 0 radical (unpaired) electrons. The van der Waals surface area contributed by atoms with E-state index in [1.165, 1.54) is 0 Å². The van der Waals surface area contributed by atoms with Crippen LogP contribution in [0.5, 0.6) is 0 Å². The zero-order valence-electron chi connectivity index (χ0n) is 12.1. The van der Waals surface area contributed by atoms with E-state index < -0.39 is 17.5 Å². The monoisotopic (exact) mass is 271 g/mol. The molecule has 0 aliphatic carbocycles. The first-order chi connectivity index (χ1) is 8.86. The van der Waals surface area contributed by atoms with E-state index in [1.807, 2.05) is 13.8 Å². The van der Waals surface area contributed by atoms with Crippen LogP contribution in [0, 0.1) is 11.3 Å². The Labute approximate surface area is 114 Å². The van der Waals surface area contributed by atoms with Gasteiger partial charge in [-0.3, -0.25) is 9.59 Å². The van der Waals surface area contributed by atoms with Crippen LogP contribution in [0.3, 0.4) is 0 Å². The van der Waals surface area contributed by atoms with Crippen LogP contribution in [-0.4, -0.2) is 46.2 Å². The zero-order chi connectivity index (χ0) is 14.6. The predicted molar refractivity (Wildman–Crippen MR) is 71.6 cm³/mol. The van der Waals surface area contributed by atoms with Crippen molar-refractivity contribution in [3.8, 4) is 0 Å². The van der Waals surface area contributed by atoms with Gasteiger partial charge in [-0.1, -0.05) is 13.8 Å². The Bertz CT molecular complexity index is 336. The molecule has 5 heteroatoms. The Morgan fingerprint density at radius 1 is 1.37 bits per heavy atom. The molecular weight excluding hydrogens is 246 g/mol. The lowest BCUT2D eigenvalue weighted by molar-refractivity contribution is -0.154. The van der Waals surface area contributed by atoms with Crippen molar-refractivity contribution in [3.05, 3.63) is 0 Å². The normalized spacial score (nSPS) is 21.5. The lowest BCUT2D eigenvalue weighted by atomic mass is 9.79. The van der Waals surface area contributed by atoms with Gasteiger partial charge in [0.1, 0.15) is 0 Å². The fourth-order valence-electron chi connectivity index (χ4n) is 2.69. The lowest BCUT2D eigenvalue weighted by Crippen LogP contribution is -2.38. The fourth-order valence-corrected chi connectivity index (χ4v) is 2.69. The molecule has 1 aliphatic heterocycles. The number of carbonyl (C=O) groups excluding carboxylic acids is 1. The maximum absolute atomic E-state index is 12.2. The number of rotatable bonds is 6. The van der Waals surface area contributed by atoms with Gasteiger partial charge in [-0.05, 0) is 26.2 Å². The summed E-state index contributed by atoms with van der Waals surface area (Å²) >= 11 is 0. The Morgan fingerprint density at radius 3 is 2.32 bits per heavy atom. The number of carboxylic acid groups (broad SMARTS) is 1. The van der Waals surface area contributed by atoms with Gasteiger partial charge < -0.3 is 15.1 Å². The number of carboxylic acids is 1. The van der Waals surface area contributed by atoms with E-state index >= 15 is 0 Å². The van der Waals surface area contributed by atoms with E-state index in [0.29, 0.717) is 25.9 Å². The number of amides is 1. The maximum atomic E-state index is 12.2. The Balaban J connectivity index is 2.67. The molecule has 1 amide bonds. The molecule has 110 valence electrons. The third kappa shape index (κ3) is 3.47. The van der Waals surface area contributed by atoms with E-state index in [-0.39, 0.29) is 18.2 Å². The third-order valence-corrected chi connectivity index (χ3v) is 4.56. The smallest absolute Gasteiger partial charge is 0.310 e. The van der Waals surface area contributed by atoms with Crippen molar-refractivity contribution in [1.82, 2.24) is 4.90 Å². The number of hydrogen-bond donors (Lipinski definition) is 2. The van der Waals surface area contributed by atoms with Crippen LogP contribution < -0.4 is 0 Å². The molecule has 19 heavy (non-hydrogen) atoms. The van der Waals surface area contributed by atoms with Crippen LogP contribution >= 0.6 is 0 Å².